The zero-order chi connectivity index (χ0) is 15.9. The lowest BCUT2D eigenvalue weighted by Gasteiger charge is -2.14. The largest absolute Gasteiger partial charge is 0.493 e. The molecule has 0 aliphatic carbocycles. The van der Waals surface area contributed by atoms with Crippen LogP contribution < -0.4 is 20.5 Å². The van der Waals surface area contributed by atoms with Crippen LogP contribution in [0.2, 0.25) is 0 Å². The van der Waals surface area contributed by atoms with Gasteiger partial charge >= 0.3 is 0 Å². The predicted octanol–water partition coefficient (Wildman–Crippen LogP) is 0.178. The number of carbonyl (C=O) groups is 1. The SMILES string of the molecule is CCn1nnnc1NCc1cccc(OC)c1OCC(N)=O. The number of carbonyl (C=O) groups excluding carboxylic acids is 1. The molecule has 1 heterocycles. The minimum absolute atomic E-state index is 0.222. The number of hydrogen-bond donors (Lipinski definition) is 2. The second-order valence-electron chi connectivity index (χ2n) is 4.38. The molecule has 0 aliphatic rings. The van der Waals surface area contributed by atoms with E-state index in [9.17, 15) is 4.79 Å². The van der Waals surface area contributed by atoms with E-state index in [2.05, 4.69) is 20.8 Å². The summed E-state index contributed by atoms with van der Waals surface area (Å²) in [7, 11) is 1.53. The van der Waals surface area contributed by atoms with E-state index in [-0.39, 0.29) is 6.61 Å². The second-order valence-corrected chi connectivity index (χ2v) is 4.38. The molecule has 0 fully saturated rings. The number of aromatic nitrogens is 4. The molecule has 0 radical (unpaired) electrons. The maximum Gasteiger partial charge on any atom is 0.255 e. The summed E-state index contributed by atoms with van der Waals surface area (Å²) < 4.78 is 12.3. The van der Waals surface area contributed by atoms with Crippen LogP contribution in [0.4, 0.5) is 5.95 Å². The first kappa shape index (κ1) is 15.5. The number of ether oxygens (including phenoxy) is 2. The van der Waals surface area contributed by atoms with E-state index in [1.54, 1.807) is 10.7 Å². The second kappa shape index (κ2) is 7.25. The van der Waals surface area contributed by atoms with Gasteiger partial charge in [0.05, 0.1) is 7.11 Å². The van der Waals surface area contributed by atoms with Crippen molar-refractivity contribution in [3.8, 4) is 11.5 Å². The monoisotopic (exact) mass is 306 g/mol. The van der Waals surface area contributed by atoms with E-state index in [0.29, 0.717) is 30.5 Å². The van der Waals surface area contributed by atoms with Crippen molar-refractivity contribution >= 4 is 11.9 Å². The fourth-order valence-electron chi connectivity index (χ4n) is 1.89. The van der Waals surface area contributed by atoms with Crippen molar-refractivity contribution in [2.24, 2.45) is 5.73 Å². The zero-order valence-electron chi connectivity index (χ0n) is 12.4. The van der Waals surface area contributed by atoms with Crippen molar-refractivity contribution < 1.29 is 14.3 Å². The molecule has 0 unspecified atom stereocenters. The van der Waals surface area contributed by atoms with Crippen LogP contribution >= 0.6 is 0 Å². The van der Waals surface area contributed by atoms with Gasteiger partial charge in [-0.15, -0.1) is 0 Å². The molecular formula is C13H18N6O3. The first-order valence-corrected chi connectivity index (χ1v) is 6.72. The number of methoxy groups -OCH3 is 1. The highest BCUT2D eigenvalue weighted by Crippen LogP contribution is 2.31. The Morgan fingerprint density at radius 3 is 2.95 bits per heavy atom. The van der Waals surface area contributed by atoms with Crippen molar-refractivity contribution in [2.75, 3.05) is 19.0 Å². The van der Waals surface area contributed by atoms with E-state index in [4.69, 9.17) is 15.2 Å². The smallest absolute Gasteiger partial charge is 0.255 e. The van der Waals surface area contributed by atoms with Crippen molar-refractivity contribution in [3.63, 3.8) is 0 Å². The van der Waals surface area contributed by atoms with Gasteiger partial charge in [0.2, 0.25) is 5.95 Å². The first-order valence-electron chi connectivity index (χ1n) is 6.72. The number of tetrazole rings is 1. The van der Waals surface area contributed by atoms with E-state index in [1.165, 1.54) is 7.11 Å². The number of primary amides is 1. The Labute approximate surface area is 127 Å². The maximum atomic E-state index is 10.9. The third-order valence-corrected chi connectivity index (χ3v) is 2.91. The van der Waals surface area contributed by atoms with E-state index < -0.39 is 5.91 Å². The third kappa shape index (κ3) is 3.62. The van der Waals surface area contributed by atoms with Crippen molar-refractivity contribution in [1.82, 2.24) is 20.2 Å². The number of hydrogen-bond acceptors (Lipinski definition) is 7. The fourth-order valence-corrected chi connectivity index (χ4v) is 1.89. The van der Waals surface area contributed by atoms with Gasteiger partial charge in [0, 0.05) is 18.7 Å². The molecule has 2 rings (SSSR count). The normalized spacial score (nSPS) is 10.3. The number of aryl methyl sites for hydroxylation is 1. The molecule has 0 bridgehead atoms. The Kier molecular flexibility index (Phi) is 5.12. The minimum Gasteiger partial charge on any atom is -0.493 e. The van der Waals surface area contributed by atoms with Gasteiger partial charge < -0.3 is 20.5 Å². The average Bonchev–Trinajstić information content (AvgIpc) is 2.98. The van der Waals surface area contributed by atoms with Gasteiger partial charge in [-0.05, 0) is 23.4 Å². The number of para-hydroxylation sites is 1. The van der Waals surface area contributed by atoms with Gasteiger partial charge in [0.25, 0.3) is 5.91 Å². The molecule has 0 saturated heterocycles. The molecule has 0 atom stereocenters. The minimum atomic E-state index is -0.556. The van der Waals surface area contributed by atoms with Gasteiger partial charge in [-0.1, -0.05) is 17.2 Å². The number of rotatable bonds is 8. The lowest BCUT2D eigenvalue weighted by atomic mass is 10.2. The van der Waals surface area contributed by atoms with E-state index in [1.807, 2.05) is 19.1 Å². The maximum absolute atomic E-state index is 10.9. The molecule has 0 spiro atoms. The van der Waals surface area contributed by atoms with Crippen LogP contribution in [0.1, 0.15) is 12.5 Å². The van der Waals surface area contributed by atoms with E-state index >= 15 is 0 Å². The molecule has 1 amide bonds. The van der Waals surface area contributed by atoms with Crippen molar-refractivity contribution in [1.29, 1.82) is 0 Å². The third-order valence-electron chi connectivity index (χ3n) is 2.91. The van der Waals surface area contributed by atoms with E-state index in [0.717, 1.165) is 5.56 Å². The molecule has 3 N–H and O–H groups in total. The van der Waals surface area contributed by atoms with Gasteiger partial charge in [0.15, 0.2) is 18.1 Å². The summed E-state index contributed by atoms with van der Waals surface area (Å²) >= 11 is 0. The van der Waals surface area contributed by atoms with Gasteiger partial charge in [-0.3, -0.25) is 4.79 Å². The molecule has 2 aromatic rings. The molecule has 0 saturated carbocycles. The Balaban J connectivity index is 2.17. The summed E-state index contributed by atoms with van der Waals surface area (Å²) in [5.41, 5.74) is 5.92. The molecule has 0 aliphatic heterocycles. The summed E-state index contributed by atoms with van der Waals surface area (Å²) in [6, 6.07) is 5.43. The summed E-state index contributed by atoms with van der Waals surface area (Å²) in [6.07, 6.45) is 0. The standard InChI is InChI=1S/C13H18N6O3/c1-3-19-13(16-17-18-19)15-7-9-5-4-6-10(21-2)12(9)22-8-11(14)20/h4-6H,3,7-8H2,1-2H3,(H2,14,20)(H,15,16,18). The van der Waals surface area contributed by atoms with Gasteiger partial charge in [-0.25, -0.2) is 4.68 Å². The molecule has 118 valence electrons. The topological polar surface area (TPSA) is 117 Å². The first-order chi connectivity index (χ1) is 10.7. The lowest BCUT2D eigenvalue weighted by molar-refractivity contribution is -0.119. The van der Waals surface area contributed by atoms with Crippen LogP contribution in [0.3, 0.4) is 0 Å². The van der Waals surface area contributed by atoms with Crippen LogP contribution in [-0.4, -0.2) is 39.8 Å². The fraction of sp³-hybridized carbons (Fsp3) is 0.385. The van der Waals surface area contributed by atoms with Crippen LogP contribution in [0.15, 0.2) is 18.2 Å². The molecule has 22 heavy (non-hydrogen) atoms. The number of nitrogens with one attached hydrogen (secondary N) is 1. The number of anilines is 1. The Morgan fingerprint density at radius 2 is 2.27 bits per heavy atom. The average molecular weight is 306 g/mol. The number of benzene rings is 1. The number of amides is 1. The molecule has 9 nitrogen and oxygen atoms in total. The lowest BCUT2D eigenvalue weighted by Crippen LogP contribution is -2.21. The summed E-state index contributed by atoms with van der Waals surface area (Å²) in [5, 5.41) is 14.5. The highest BCUT2D eigenvalue weighted by atomic mass is 16.5. The molecule has 1 aromatic carbocycles. The molecule has 1 aromatic heterocycles. The van der Waals surface area contributed by atoms with Crippen LogP contribution in [-0.2, 0) is 17.9 Å². The number of nitrogens with zero attached hydrogens (tertiary/aromatic N) is 4. The summed E-state index contributed by atoms with van der Waals surface area (Å²) in [6.45, 7) is 2.78. The predicted molar refractivity (Wildman–Crippen MR) is 78.5 cm³/mol. The summed E-state index contributed by atoms with van der Waals surface area (Å²) in [5.74, 6) is 0.980. The van der Waals surface area contributed by atoms with Gasteiger partial charge in [0.1, 0.15) is 0 Å². The van der Waals surface area contributed by atoms with Crippen molar-refractivity contribution in [2.45, 2.75) is 20.0 Å². The molecular weight excluding hydrogens is 288 g/mol. The quantitative estimate of drug-likeness (QED) is 0.714. The van der Waals surface area contributed by atoms with Crippen LogP contribution in [0, 0.1) is 0 Å². The Bertz CT molecular complexity index is 642. The molecule has 9 heteroatoms. The number of nitrogens with two attached hydrogens (primary N) is 1. The van der Waals surface area contributed by atoms with Crippen LogP contribution in [0.25, 0.3) is 0 Å². The van der Waals surface area contributed by atoms with Crippen molar-refractivity contribution in [3.05, 3.63) is 23.8 Å². The highest BCUT2D eigenvalue weighted by molar-refractivity contribution is 5.75. The zero-order valence-corrected chi connectivity index (χ0v) is 12.4. The Hall–Kier alpha value is -2.84. The highest BCUT2D eigenvalue weighted by Gasteiger charge is 2.13. The van der Waals surface area contributed by atoms with Crippen LogP contribution in [0.5, 0.6) is 11.5 Å². The Morgan fingerprint density at radius 1 is 1.45 bits per heavy atom. The van der Waals surface area contributed by atoms with Gasteiger partial charge in [-0.2, -0.15) is 0 Å². The summed E-state index contributed by atoms with van der Waals surface area (Å²) in [4.78, 5) is 10.9.